The standard InChI is InChI=1S/C11H15.3CH4O.Ti/c1-2-9-7-8-10-5-3-4-6-11(9)10;3*1-2;/h8-9H,2-6H2,1H3;3*2H,1H3;/q-1;;;;. The fourth-order valence-corrected chi connectivity index (χ4v) is 2.18. The van der Waals surface area contributed by atoms with E-state index in [1.54, 1.807) is 11.1 Å². The van der Waals surface area contributed by atoms with Gasteiger partial charge in [0.15, 0.2) is 0 Å². The van der Waals surface area contributed by atoms with E-state index in [4.69, 9.17) is 15.3 Å². The van der Waals surface area contributed by atoms with Gasteiger partial charge in [0.05, 0.1) is 0 Å². The molecule has 0 amide bonds. The van der Waals surface area contributed by atoms with Gasteiger partial charge in [0.25, 0.3) is 0 Å². The molecule has 3 nitrogen and oxygen atoms in total. The zero-order chi connectivity index (χ0) is 13.7. The van der Waals surface area contributed by atoms with Gasteiger partial charge in [-0.2, -0.15) is 11.1 Å². The average Bonchev–Trinajstić information content (AvgIpc) is 2.88. The molecule has 4 heteroatoms. The molecule has 0 spiro atoms. The summed E-state index contributed by atoms with van der Waals surface area (Å²) in [6, 6.07) is 0. The molecule has 0 aromatic heterocycles. The van der Waals surface area contributed by atoms with Crippen molar-refractivity contribution in [1.29, 1.82) is 0 Å². The van der Waals surface area contributed by atoms with Gasteiger partial charge in [-0.3, -0.25) is 6.08 Å². The van der Waals surface area contributed by atoms with Crippen LogP contribution in [0.4, 0.5) is 0 Å². The summed E-state index contributed by atoms with van der Waals surface area (Å²) in [5.74, 6) is 0.685. The molecule has 0 aliphatic heterocycles. The normalized spacial score (nSPS) is 18.9. The molecule has 2 rings (SSSR count). The van der Waals surface area contributed by atoms with Gasteiger partial charge in [-0.1, -0.05) is 38.5 Å². The van der Waals surface area contributed by atoms with Gasteiger partial charge >= 0.3 is 0 Å². The van der Waals surface area contributed by atoms with Crippen molar-refractivity contribution in [3.63, 3.8) is 0 Å². The van der Waals surface area contributed by atoms with Crippen LogP contribution in [0.5, 0.6) is 0 Å². The van der Waals surface area contributed by atoms with E-state index in [9.17, 15) is 0 Å². The minimum absolute atomic E-state index is 0. The maximum atomic E-state index is 7.00. The van der Waals surface area contributed by atoms with Gasteiger partial charge in [0.1, 0.15) is 0 Å². The van der Waals surface area contributed by atoms with Crippen LogP contribution in [0.2, 0.25) is 0 Å². The smallest absolute Gasteiger partial charge is 0.0319 e. The molecule has 2 aliphatic rings. The van der Waals surface area contributed by atoms with Crippen molar-refractivity contribution in [2.45, 2.75) is 39.0 Å². The van der Waals surface area contributed by atoms with Crippen LogP contribution in [0.25, 0.3) is 0 Å². The maximum Gasteiger partial charge on any atom is 0.0319 e. The molecule has 0 fully saturated rings. The summed E-state index contributed by atoms with van der Waals surface area (Å²) < 4.78 is 0. The fraction of sp³-hybridized carbons (Fsp3) is 0.714. The molecule has 0 aromatic rings. The van der Waals surface area contributed by atoms with Gasteiger partial charge in [-0.15, -0.1) is 0 Å². The van der Waals surface area contributed by atoms with Crippen LogP contribution < -0.4 is 0 Å². The topological polar surface area (TPSA) is 60.7 Å². The summed E-state index contributed by atoms with van der Waals surface area (Å²) in [5.41, 5.74) is 3.32. The first kappa shape index (κ1) is 23.2. The average molecular weight is 291 g/mol. The first-order chi connectivity index (χ1) is 8.42. The molecule has 0 radical (unpaired) electrons. The van der Waals surface area contributed by atoms with Gasteiger partial charge in [-0.25, -0.2) is 6.08 Å². The Balaban J connectivity index is -0.000000285. The number of allylic oxidation sites excluding steroid dienone is 4. The molecular weight excluding hydrogens is 264 g/mol. The van der Waals surface area contributed by atoms with Gasteiger partial charge < -0.3 is 15.3 Å². The third-order valence-corrected chi connectivity index (χ3v) is 2.84. The van der Waals surface area contributed by atoms with E-state index >= 15 is 0 Å². The van der Waals surface area contributed by atoms with Gasteiger partial charge in [0.2, 0.25) is 0 Å². The predicted octanol–water partition coefficient (Wildman–Crippen LogP) is 2.08. The van der Waals surface area contributed by atoms with E-state index in [0.717, 1.165) is 21.3 Å². The number of hydrogen-bond donors (Lipinski definition) is 3. The van der Waals surface area contributed by atoms with Crippen molar-refractivity contribution in [2.75, 3.05) is 21.3 Å². The Bertz CT molecular complexity index is 225. The van der Waals surface area contributed by atoms with Crippen LogP contribution in [-0.4, -0.2) is 36.6 Å². The number of aliphatic hydroxyl groups is 3. The minimum atomic E-state index is 0. The van der Waals surface area contributed by atoms with Crippen LogP contribution in [-0.2, 0) is 21.7 Å². The van der Waals surface area contributed by atoms with Gasteiger partial charge in [-0.05, 0) is 6.42 Å². The van der Waals surface area contributed by atoms with E-state index in [1.165, 1.54) is 32.1 Å². The predicted molar refractivity (Wildman–Crippen MR) is 71.5 cm³/mol. The Hall–Kier alpha value is 0.0743. The molecular formula is C14H27O3Ti-. The van der Waals surface area contributed by atoms with Crippen molar-refractivity contribution >= 4 is 0 Å². The Morgan fingerprint density at radius 2 is 1.56 bits per heavy atom. The zero-order valence-electron chi connectivity index (χ0n) is 12.0. The first-order valence-corrected chi connectivity index (χ1v) is 6.07. The molecule has 1 atom stereocenters. The van der Waals surface area contributed by atoms with Crippen LogP contribution >= 0.6 is 0 Å². The summed E-state index contributed by atoms with van der Waals surface area (Å²) in [4.78, 5) is 0. The minimum Gasteiger partial charge on any atom is -0.400 e. The first-order valence-electron chi connectivity index (χ1n) is 6.07. The molecule has 0 saturated carbocycles. The molecule has 2 aliphatic carbocycles. The fourth-order valence-electron chi connectivity index (χ4n) is 2.18. The van der Waals surface area contributed by atoms with Crippen LogP contribution in [0, 0.1) is 12.0 Å². The zero-order valence-corrected chi connectivity index (χ0v) is 13.6. The quantitative estimate of drug-likeness (QED) is 0.512. The second-order valence-corrected chi connectivity index (χ2v) is 3.53. The van der Waals surface area contributed by atoms with Gasteiger partial charge in [0, 0.05) is 43.0 Å². The van der Waals surface area contributed by atoms with E-state index in [2.05, 4.69) is 19.1 Å². The Morgan fingerprint density at radius 1 is 1.06 bits per heavy atom. The number of hydrogen-bond acceptors (Lipinski definition) is 3. The maximum absolute atomic E-state index is 7.00. The van der Waals surface area contributed by atoms with E-state index in [-0.39, 0.29) is 21.7 Å². The largest absolute Gasteiger partial charge is 0.400 e. The molecule has 106 valence electrons. The molecule has 0 heterocycles. The van der Waals surface area contributed by atoms with Crippen LogP contribution in [0.15, 0.2) is 17.2 Å². The Kier molecular flexibility index (Phi) is 22.0. The van der Waals surface area contributed by atoms with Crippen LogP contribution in [0.1, 0.15) is 39.0 Å². The van der Waals surface area contributed by atoms with E-state index in [0.29, 0.717) is 5.92 Å². The molecule has 3 N–H and O–H groups in total. The molecule has 1 unspecified atom stereocenters. The molecule has 0 aromatic carbocycles. The summed E-state index contributed by atoms with van der Waals surface area (Å²) in [7, 11) is 3.00. The molecule has 0 bridgehead atoms. The third kappa shape index (κ3) is 7.50. The number of aliphatic hydroxyl groups excluding tert-OH is 3. The van der Waals surface area contributed by atoms with Crippen molar-refractivity contribution in [3.8, 4) is 0 Å². The number of rotatable bonds is 1. The SMILES string of the molecule is CCC1[C-]=CC2=C1CCCC2.CO.CO.CO.[Ti]. The monoisotopic (exact) mass is 291 g/mol. The summed E-state index contributed by atoms with van der Waals surface area (Å²) in [6.07, 6.45) is 12.4. The van der Waals surface area contributed by atoms with Crippen molar-refractivity contribution in [2.24, 2.45) is 5.92 Å². The summed E-state index contributed by atoms with van der Waals surface area (Å²) in [6.45, 7) is 2.26. The Morgan fingerprint density at radius 3 is 2.06 bits per heavy atom. The van der Waals surface area contributed by atoms with Crippen molar-refractivity contribution in [3.05, 3.63) is 23.3 Å². The second kappa shape index (κ2) is 17.1. The molecule has 18 heavy (non-hydrogen) atoms. The second-order valence-electron chi connectivity index (χ2n) is 3.53. The molecule has 0 saturated heterocycles. The van der Waals surface area contributed by atoms with Crippen molar-refractivity contribution < 1.29 is 37.0 Å². The van der Waals surface area contributed by atoms with E-state index in [1.807, 2.05) is 0 Å². The third-order valence-electron chi connectivity index (χ3n) is 2.84. The summed E-state index contributed by atoms with van der Waals surface area (Å²) in [5, 5.41) is 21.0. The summed E-state index contributed by atoms with van der Waals surface area (Å²) >= 11 is 0. The van der Waals surface area contributed by atoms with E-state index < -0.39 is 0 Å². The van der Waals surface area contributed by atoms with Crippen molar-refractivity contribution in [1.82, 2.24) is 0 Å². The van der Waals surface area contributed by atoms with Crippen LogP contribution in [0.3, 0.4) is 0 Å². The Labute approximate surface area is 126 Å².